The van der Waals surface area contributed by atoms with Crippen molar-refractivity contribution in [3.05, 3.63) is 23.8 Å². The highest BCUT2D eigenvalue weighted by atomic mass is 35.5. The molecule has 2 rings (SSSR count). The molecule has 5 nitrogen and oxygen atoms in total. The van der Waals surface area contributed by atoms with Gasteiger partial charge in [0.05, 0.1) is 5.56 Å². The maximum absolute atomic E-state index is 12.6. The van der Waals surface area contributed by atoms with Gasteiger partial charge in [-0.3, -0.25) is 4.79 Å². The Balaban J connectivity index is 0.00000364. The number of nitrogens with one attached hydrogen (secondary N) is 1. The number of carbonyl (C=O) groups excluding carboxylic acids is 1. The Morgan fingerprint density at radius 3 is 2.11 bits per heavy atom. The van der Waals surface area contributed by atoms with E-state index in [1.54, 1.807) is 0 Å². The van der Waals surface area contributed by atoms with Crippen molar-refractivity contribution in [1.29, 1.82) is 0 Å². The van der Waals surface area contributed by atoms with E-state index in [1.165, 1.54) is 4.90 Å². The topological polar surface area (TPSA) is 50.8 Å². The van der Waals surface area contributed by atoms with Crippen LogP contribution >= 0.6 is 12.4 Å². The highest BCUT2D eigenvalue weighted by Crippen LogP contribution is 2.29. The van der Waals surface area contributed by atoms with E-state index in [0.29, 0.717) is 26.2 Å². The average Bonchev–Trinajstić information content (AvgIpc) is 2.57. The number of carbonyl (C=O) groups is 1. The molecule has 0 aliphatic carbocycles. The van der Waals surface area contributed by atoms with Crippen molar-refractivity contribution >= 4 is 18.3 Å². The summed E-state index contributed by atoms with van der Waals surface area (Å²) >= 11 is 0. The molecule has 0 aromatic heterocycles. The molecule has 0 unspecified atom stereocenters. The van der Waals surface area contributed by atoms with Gasteiger partial charge in [-0.2, -0.15) is 26.3 Å². The van der Waals surface area contributed by atoms with Crippen LogP contribution in [-0.2, 0) is 0 Å². The van der Waals surface area contributed by atoms with Crippen LogP contribution in [0.2, 0.25) is 0 Å². The first kappa shape index (κ1) is 23.2. The van der Waals surface area contributed by atoms with E-state index < -0.39 is 31.5 Å². The molecule has 27 heavy (non-hydrogen) atoms. The maximum Gasteiger partial charge on any atom is 0.422 e. The Morgan fingerprint density at radius 2 is 1.56 bits per heavy atom. The van der Waals surface area contributed by atoms with Crippen molar-refractivity contribution in [1.82, 2.24) is 10.2 Å². The lowest BCUT2D eigenvalue weighted by Gasteiger charge is -2.28. The lowest BCUT2D eigenvalue weighted by atomic mass is 10.1. The Hall–Kier alpha value is -1.88. The lowest BCUT2D eigenvalue weighted by Crippen LogP contribution is -2.46. The predicted octanol–water partition coefficient (Wildman–Crippen LogP) is 3.04. The van der Waals surface area contributed by atoms with Crippen LogP contribution in [0.1, 0.15) is 10.4 Å². The monoisotopic (exact) mass is 422 g/mol. The van der Waals surface area contributed by atoms with Crippen LogP contribution in [0, 0.1) is 0 Å². The molecular weight excluding hydrogens is 406 g/mol. The van der Waals surface area contributed by atoms with Gasteiger partial charge in [-0.15, -0.1) is 12.4 Å². The molecule has 0 atom stereocenters. The predicted molar refractivity (Wildman–Crippen MR) is 85.6 cm³/mol. The number of rotatable bonds is 5. The lowest BCUT2D eigenvalue weighted by molar-refractivity contribution is -0.154. The molecule has 1 N–H and O–H groups in total. The van der Waals surface area contributed by atoms with E-state index in [2.05, 4.69) is 14.8 Å². The molecular formula is C15H17ClF6N2O3. The van der Waals surface area contributed by atoms with Crippen molar-refractivity contribution in [3.8, 4) is 11.5 Å². The van der Waals surface area contributed by atoms with Crippen LogP contribution in [0.4, 0.5) is 26.3 Å². The van der Waals surface area contributed by atoms with E-state index in [-0.39, 0.29) is 29.5 Å². The van der Waals surface area contributed by atoms with Crippen LogP contribution in [0.15, 0.2) is 18.2 Å². The first-order valence-corrected chi connectivity index (χ1v) is 7.58. The standard InChI is InChI=1S/C15H16F6N2O3.ClH/c16-14(17,18)8-25-10-1-2-12(26-9-15(19,20)21)11(7-10)13(24)23-5-3-22-4-6-23;/h1-2,7,22H,3-6,8-9H2;1H. The Morgan fingerprint density at radius 1 is 1.00 bits per heavy atom. The summed E-state index contributed by atoms with van der Waals surface area (Å²) in [5, 5.41) is 3.01. The van der Waals surface area contributed by atoms with E-state index in [0.717, 1.165) is 18.2 Å². The normalized spacial score (nSPS) is 15.1. The molecule has 1 saturated heterocycles. The molecule has 154 valence electrons. The molecule has 1 heterocycles. The van der Waals surface area contributed by atoms with Crippen LogP contribution in [0.5, 0.6) is 11.5 Å². The molecule has 1 aliphatic heterocycles. The molecule has 0 radical (unpaired) electrons. The van der Waals surface area contributed by atoms with Crippen molar-refractivity contribution in [2.75, 3.05) is 39.4 Å². The fourth-order valence-corrected chi connectivity index (χ4v) is 2.25. The summed E-state index contributed by atoms with van der Waals surface area (Å²) in [7, 11) is 0. The number of amides is 1. The van der Waals surface area contributed by atoms with E-state index in [9.17, 15) is 31.1 Å². The molecule has 0 bridgehead atoms. The quantitative estimate of drug-likeness (QED) is 0.741. The molecule has 0 spiro atoms. The van der Waals surface area contributed by atoms with Gasteiger partial charge in [0.1, 0.15) is 11.5 Å². The number of nitrogens with zero attached hydrogens (tertiary/aromatic N) is 1. The average molecular weight is 423 g/mol. The number of ether oxygens (including phenoxy) is 2. The number of halogens is 7. The minimum atomic E-state index is -4.62. The zero-order valence-electron chi connectivity index (χ0n) is 13.8. The van der Waals surface area contributed by atoms with Crippen molar-refractivity contribution < 1.29 is 40.6 Å². The number of benzene rings is 1. The van der Waals surface area contributed by atoms with Gasteiger partial charge in [0.15, 0.2) is 13.2 Å². The first-order chi connectivity index (χ1) is 12.1. The molecule has 1 aliphatic rings. The number of alkyl halides is 6. The van der Waals surface area contributed by atoms with Gasteiger partial charge in [0.2, 0.25) is 0 Å². The van der Waals surface area contributed by atoms with Gasteiger partial charge in [0.25, 0.3) is 5.91 Å². The number of hydrogen-bond donors (Lipinski definition) is 1. The van der Waals surface area contributed by atoms with Crippen LogP contribution in [-0.4, -0.2) is 62.6 Å². The highest BCUT2D eigenvalue weighted by molar-refractivity contribution is 5.97. The first-order valence-electron chi connectivity index (χ1n) is 7.58. The minimum Gasteiger partial charge on any atom is -0.484 e. The SMILES string of the molecule is Cl.O=C(c1cc(OCC(F)(F)F)ccc1OCC(F)(F)F)N1CCNCC1. The fourth-order valence-electron chi connectivity index (χ4n) is 2.25. The summed E-state index contributed by atoms with van der Waals surface area (Å²) < 4.78 is 83.2. The molecule has 12 heteroatoms. The van der Waals surface area contributed by atoms with E-state index >= 15 is 0 Å². The van der Waals surface area contributed by atoms with E-state index in [4.69, 9.17) is 0 Å². The fraction of sp³-hybridized carbons (Fsp3) is 0.533. The smallest absolute Gasteiger partial charge is 0.422 e. The Bertz CT molecular complexity index is 633. The zero-order chi connectivity index (χ0) is 19.4. The summed E-state index contributed by atoms with van der Waals surface area (Å²) in [5.74, 6) is -1.30. The third-order valence-corrected chi connectivity index (χ3v) is 3.38. The van der Waals surface area contributed by atoms with Crippen LogP contribution in [0.25, 0.3) is 0 Å². The summed E-state index contributed by atoms with van der Waals surface area (Å²) in [6, 6.07) is 2.97. The molecule has 1 fully saturated rings. The van der Waals surface area contributed by atoms with Gasteiger partial charge >= 0.3 is 12.4 Å². The minimum absolute atomic E-state index is 0. The summed E-state index contributed by atoms with van der Waals surface area (Å²) in [4.78, 5) is 13.9. The second kappa shape index (κ2) is 9.36. The molecule has 1 amide bonds. The van der Waals surface area contributed by atoms with Crippen molar-refractivity contribution in [3.63, 3.8) is 0 Å². The number of piperazine rings is 1. The van der Waals surface area contributed by atoms with Crippen molar-refractivity contribution in [2.24, 2.45) is 0 Å². The maximum atomic E-state index is 12.6. The second-order valence-electron chi connectivity index (χ2n) is 5.51. The van der Waals surface area contributed by atoms with Gasteiger partial charge < -0.3 is 19.7 Å². The van der Waals surface area contributed by atoms with Gasteiger partial charge in [-0.05, 0) is 18.2 Å². The van der Waals surface area contributed by atoms with Crippen molar-refractivity contribution in [2.45, 2.75) is 12.4 Å². The molecule has 1 aromatic rings. The third kappa shape index (κ3) is 7.71. The third-order valence-electron chi connectivity index (χ3n) is 3.38. The van der Waals surface area contributed by atoms with Gasteiger partial charge in [-0.25, -0.2) is 0 Å². The highest BCUT2D eigenvalue weighted by Gasteiger charge is 2.31. The van der Waals surface area contributed by atoms with Gasteiger partial charge in [-0.1, -0.05) is 0 Å². The second-order valence-corrected chi connectivity index (χ2v) is 5.51. The van der Waals surface area contributed by atoms with Crippen LogP contribution in [0.3, 0.4) is 0 Å². The zero-order valence-corrected chi connectivity index (χ0v) is 14.6. The van der Waals surface area contributed by atoms with Crippen LogP contribution < -0.4 is 14.8 Å². The summed E-state index contributed by atoms with van der Waals surface area (Å²) in [5.41, 5.74) is -0.282. The molecule has 1 aromatic carbocycles. The molecule has 0 saturated carbocycles. The summed E-state index contributed by atoms with van der Waals surface area (Å²) in [6.45, 7) is -1.60. The Kier molecular flexibility index (Phi) is 8.03. The summed E-state index contributed by atoms with van der Waals surface area (Å²) in [6.07, 6.45) is -9.21. The largest absolute Gasteiger partial charge is 0.484 e. The van der Waals surface area contributed by atoms with E-state index in [1.807, 2.05) is 0 Å². The Labute approximate surface area is 157 Å². The van der Waals surface area contributed by atoms with Gasteiger partial charge in [0, 0.05) is 26.2 Å². The number of hydrogen-bond acceptors (Lipinski definition) is 4.